The van der Waals surface area contributed by atoms with Gasteiger partial charge in [-0.05, 0) is 20.8 Å². The van der Waals surface area contributed by atoms with Gasteiger partial charge in [0, 0.05) is 18.5 Å². The van der Waals surface area contributed by atoms with Gasteiger partial charge in [0.05, 0.1) is 6.61 Å². The molecule has 1 aromatic heterocycles. The summed E-state index contributed by atoms with van der Waals surface area (Å²) >= 11 is 1.17. The van der Waals surface area contributed by atoms with Crippen LogP contribution in [-0.2, 0) is 19.2 Å². The molecular formula is C13H20N4O4S. The Hall–Kier alpha value is -2.16. The number of nitrogens with two attached hydrogens (primary N) is 1. The quantitative estimate of drug-likeness (QED) is 0.431. The molecule has 0 saturated heterocycles. The number of carbonyl (C=O) groups is 2. The van der Waals surface area contributed by atoms with E-state index in [1.165, 1.54) is 11.3 Å². The maximum atomic E-state index is 11.9. The van der Waals surface area contributed by atoms with E-state index >= 15 is 0 Å². The van der Waals surface area contributed by atoms with Gasteiger partial charge in [-0.3, -0.25) is 4.79 Å². The van der Waals surface area contributed by atoms with E-state index < -0.39 is 5.97 Å². The fourth-order valence-corrected chi connectivity index (χ4v) is 2.15. The molecular weight excluding hydrogens is 308 g/mol. The summed E-state index contributed by atoms with van der Waals surface area (Å²) in [6.07, 6.45) is 0. The van der Waals surface area contributed by atoms with Crippen LogP contribution < -0.4 is 5.73 Å². The molecule has 0 aliphatic carbocycles. The van der Waals surface area contributed by atoms with Crippen LogP contribution in [0.5, 0.6) is 0 Å². The van der Waals surface area contributed by atoms with Crippen molar-refractivity contribution < 1.29 is 19.2 Å². The van der Waals surface area contributed by atoms with Gasteiger partial charge in [-0.1, -0.05) is 5.16 Å². The summed E-state index contributed by atoms with van der Waals surface area (Å²) in [6.45, 7) is 6.50. The van der Waals surface area contributed by atoms with Gasteiger partial charge in [0.15, 0.2) is 11.7 Å². The first-order chi connectivity index (χ1) is 10.5. The van der Waals surface area contributed by atoms with Gasteiger partial charge in [-0.25, -0.2) is 9.78 Å². The van der Waals surface area contributed by atoms with Crippen molar-refractivity contribution in [1.82, 2.24) is 9.88 Å². The summed E-state index contributed by atoms with van der Waals surface area (Å²) < 4.78 is 4.89. The molecule has 2 N–H and O–H groups in total. The first-order valence-corrected chi connectivity index (χ1v) is 7.77. The molecule has 1 rings (SSSR count). The molecule has 0 bridgehead atoms. The normalized spacial score (nSPS) is 11.1. The van der Waals surface area contributed by atoms with Crippen LogP contribution in [0.1, 0.15) is 26.5 Å². The van der Waals surface area contributed by atoms with Crippen LogP contribution in [0.2, 0.25) is 0 Å². The summed E-state index contributed by atoms with van der Waals surface area (Å²) in [7, 11) is 0. The molecule has 122 valence electrons. The van der Waals surface area contributed by atoms with Crippen molar-refractivity contribution in [3.05, 3.63) is 11.1 Å². The smallest absolute Gasteiger partial charge is 0.362 e. The molecule has 22 heavy (non-hydrogen) atoms. The first kappa shape index (κ1) is 17.9. The second-order valence-corrected chi connectivity index (χ2v) is 4.96. The predicted molar refractivity (Wildman–Crippen MR) is 83.6 cm³/mol. The summed E-state index contributed by atoms with van der Waals surface area (Å²) in [5, 5.41) is 5.57. The van der Waals surface area contributed by atoms with E-state index in [9.17, 15) is 9.59 Å². The van der Waals surface area contributed by atoms with Gasteiger partial charge in [0.2, 0.25) is 5.71 Å². The molecule has 1 heterocycles. The Balaban J connectivity index is 2.79. The highest BCUT2D eigenvalue weighted by Gasteiger charge is 2.20. The largest absolute Gasteiger partial charge is 0.461 e. The van der Waals surface area contributed by atoms with E-state index in [2.05, 4.69) is 10.1 Å². The Morgan fingerprint density at radius 3 is 2.55 bits per heavy atom. The lowest BCUT2D eigenvalue weighted by Crippen LogP contribution is -2.33. The maximum Gasteiger partial charge on any atom is 0.362 e. The number of ether oxygens (including phenoxy) is 1. The third kappa shape index (κ3) is 4.99. The zero-order valence-electron chi connectivity index (χ0n) is 12.9. The zero-order chi connectivity index (χ0) is 16.5. The number of nitrogen functional groups attached to an aromatic ring is 1. The van der Waals surface area contributed by atoms with Crippen LogP contribution in [-0.4, -0.2) is 53.8 Å². The van der Waals surface area contributed by atoms with Crippen molar-refractivity contribution in [2.24, 2.45) is 5.16 Å². The van der Waals surface area contributed by atoms with E-state index in [-0.39, 0.29) is 30.5 Å². The maximum absolute atomic E-state index is 11.9. The van der Waals surface area contributed by atoms with Crippen molar-refractivity contribution in [1.29, 1.82) is 0 Å². The molecule has 1 amide bonds. The predicted octanol–water partition coefficient (Wildman–Crippen LogP) is 0.877. The van der Waals surface area contributed by atoms with Gasteiger partial charge in [0.1, 0.15) is 5.69 Å². The fraction of sp³-hybridized carbons (Fsp3) is 0.538. The molecule has 0 saturated carbocycles. The first-order valence-electron chi connectivity index (χ1n) is 6.89. The second kappa shape index (κ2) is 8.98. The molecule has 0 aromatic carbocycles. The Morgan fingerprint density at radius 2 is 2.05 bits per heavy atom. The van der Waals surface area contributed by atoms with E-state index in [1.54, 1.807) is 17.2 Å². The molecule has 0 spiro atoms. The minimum Gasteiger partial charge on any atom is -0.461 e. The Kier molecular flexibility index (Phi) is 7.30. The summed E-state index contributed by atoms with van der Waals surface area (Å²) in [5.74, 6) is -0.891. The molecule has 0 aliphatic heterocycles. The number of amides is 1. The standard InChI is InChI=1S/C13H20N4O4S/c1-4-17(5-2)10(18)7-21-16-11(12(19)20-6-3)9-8-22-13(14)15-9/h8H,4-7H2,1-3H3,(H2,14,15). The van der Waals surface area contributed by atoms with E-state index in [0.29, 0.717) is 18.2 Å². The lowest BCUT2D eigenvalue weighted by molar-refractivity contribution is -0.137. The molecule has 8 nitrogen and oxygen atoms in total. The minimum absolute atomic E-state index is 0.109. The summed E-state index contributed by atoms with van der Waals surface area (Å²) in [5.41, 5.74) is 5.69. The number of thiazole rings is 1. The van der Waals surface area contributed by atoms with Gasteiger partial charge < -0.3 is 20.2 Å². The Morgan fingerprint density at radius 1 is 1.36 bits per heavy atom. The number of anilines is 1. The molecule has 0 atom stereocenters. The van der Waals surface area contributed by atoms with Crippen LogP contribution in [0, 0.1) is 0 Å². The molecule has 0 radical (unpaired) electrons. The highest BCUT2D eigenvalue weighted by Crippen LogP contribution is 2.13. The van der Waals surface area contributed by atoms with Crippen molar-refractivity contribution in [3.8, 4) is 0 Å². The number of likely N-dealkylation sites (N-methyl/N-ethyl adjacent to an activating group) is 1. The van der Waals surface area contributed by atoms with Crippen molar-refractivity contribution in [2.45, 2.75) is 20.8 Å². The number of carbonyl (C=O) groups excluding carboxylic acids is 2. The highest BCUT2D eigenvalue weighted by molar-refractivity contribution is 7.13. The zero-order valence-corrected chi connectivity index (χ0v) is 13.7. The number of nitrogens with zero attached hydrogens (tertiary/aromatic N) is 3. The average Bonchev–Trinajstić information content (AvgIpc) is 2.91. The summed E-state index contributed by atoms with van der Waals surface area (Å²) in [6, 6.07) is 0. The van der Waals surface area contributed by atoms with Gasteiger partial charge in [-0.2, -0.15) is 0 Å². The van der Waals surface area contributed by atoms with E-state index in [0.717, 1.165) is 0 Å². The van der Waals surface area contributed by atoms with E-state index in [1.807, 2.05) is 13.8 Å². The number of aromatic nitrogens is 1. The summed E-state index contributed by atoms with van der Waals surface area (Å²) in [4.78, 5) is 34.2. The monoisotopic (exact) mass is 328 g/mol. The minimum atomic E-state index is -0.678. The van der Waals surface area contributed by atoms with Crippen LogP contribution in [0.25, 0.3) is 0 Å². The van der Waals surface area contributed by atoms with Gasteiger partial charge in [0.25, 0.3) is 5.91 Å². The number of hydrogen-bond donors (Lipinski definition) is 1. The number of rotatable bonds is 8. The van der Waals surface area contributed by atoms with Crippen molar-refractivity contribution >= 4 is 34.1 Å². The van der Waals surface area contributed by atoms with Crippen LogP contribution >= 0.6 is 11.3 Å². The molecule has 0 aliphatic rings. The SMILES string of the molecule is CCOC(=O)C(=NOCC(=O)N(CC)CC)c1csc(N)n1. The topological polar surface area (TPSA) is 107 Å². The van der Waals surface area contributed by atoms with Crippen molar-refractivity contribution in [2.75, 3.05) is 32.0 Å². The fourth-order valence-electron chi connectivity index (χ4n) is 1.60. The van der Waals surface area contributed by atoms with Crippen molar-refractivity contribution in [3.63, 3.8) is 0 Å². The molecule has 1 aromatic rings. The van der Waals surface area contributed by atoms with E-state index in [4.69, 9.17) is 15.3 Å². The van der Waals surface area contributed by atoms with Gasteiger partial charge >= 0.3 is 5.97 Å². The molecule has 0 unspecified atom stereocenters. The second-order valence-electron chi connectivity index (χ2n) is 4.07. The molecule has 0 fully saturated rings. The Labute approximate surface area is 132 Å². The van der Waals surface area contributed by atoms with Crippen LogP contribution in [0.15, 0.2) is 10.5 Å². The highest BCUT2D eigenvalue weighted by atomic mass is 32.1. The number of oxime groups is 1. The molecule has 9 heteroatoms. The number of hydrogen-bond acceptors (Lipinski definition) is 8. The van der Waals surface area contributed by atoms with Crippen LogP contribution in [0.4, 0.5) is 5.13 Å². The third-order valence-electron chi connectivity index (χ3n) is 2.69. The Bertz CT molecular complexity index is 540. The average molecular weight is 328 g/mol. The third-order valence-corrected chi connectivity index (χ3v) is 3.37. The lowest BCUT2D eigenvalue weighted by atomic mass is 10.3. The lowest BCUT2D eigenvalue weighted by Gasteiger charge is -2.17. The van der Waals surface area contributed by atoms with Crippen LogP contribution in [0.3, 0.4) is 0 Å². The van der Waals surface area contributed by atoms with Gasteiger partial charge in [-0.15, -0.1) is 11.3 Å². The number of esters is 1.